The van der Waals surface area contributed by atoms with E-state index in [9.17, 15) is 9.59 Å². The zero-order valence-corrected chi connectivity index (χ0v) is 14.7. The highest BCUT2D eigenvalue weighted by Gasteiger charge is 2.21. The first-order valence-corrected chi connectivity index (χ1v) is 8.68. The van der Waals surface area contributed by atoms with E-state index in [1.54, 1.807) is 0 Å². The Labute approximate surface area is 136 Å². The molecule has 1 unspecified atom stereocenters. The van der Waals surface area contributed by atoms with Gasteiger partial charge in [0.2, 0.25) is 0 Å². The molecule has 1 heterocycles. The fraction of sp³-hybridized carbons (Fsp3) is 0.294. The summed E-state index contributed by atoms with van der Waals surface area (Å²) < 4.78 is 1.52. The molecule has 0 amide bonds. The summed E-state index contributed by atoms with van der Waals surface area (Å²) in [7, 11) is 0. The van der Waals surface area contributed by atoms with Crippen molar-refractivity contribution in [3.05, 3.63) is 78.5 Å². The SMILES string of the molecule is O=c1[nH]c(C2CC=[C]([AlH2])CC2)c(Cc2ccccc2)c(=O)[nH]1. The summed E-state index contributed by atoms with van der Waals surface area (Å²) in [5.41, 5.74) is 1.93. The molecule has 22 heavy (non-hydrogen) atoms. The van der Waals surface area contributed by atoms with Crippen molar-refractivity contribution in [1.82, 2.24) is 9.97 Å². The van der Waals surface area contributed by atoms with Gasteiger partial charge in [-0.15, -0.1) is 10.5 Å². The fourth-order valence-corrected chi connectivity index (χ4v) is 3.61. The van der Waals surface area contributed by atoms with Crippen molar-refractivity contribution in [3.8, 4) is 0 Å². The van der Waals surface area contributed by atoms with Crippen molar-refractivity contribution >= 4 is 16.3 Å². The Bertz CT molecular complexity index is 805. The van der Waals surface area contributed by atoms with Crippen molar-refractivity contribution < 1.29 is 0 Å². The molecule has 0 fully saturated rings. The summed E-state index contributed by atoms with van der Waals surface area (Å²) in [6, 6.07) is 9.90. The third kappa shape index (κ3) is 3.32. The van der Waals surface area contributed by atoms with E-state index in [-0.39, 0.29) is 11.5 Å². The van der Waals surface area contributed by atoms with Gasteiger partial charge in [-0.2, -0.15) is 0 Å². The van der Waals surface area contributed by atoms with Gasteiger partial charge in [-0.1, -0.05) is 30.3 Å². The normalized spacial score (nSPS) is 18.0. The molecule has 0 radical (unpaired) electrons. The molecule has 2 aromatic rings. The average molecular weight is 310 g/mol. The van der Waals surface area contributed by atoms with E-state index in [1.165, 1.54) is 4.44 Å². The quantitative estimate of drug-likeness (QED) is 0.843. The lowest BCUT2D eigenvalue weighted by molar-refractivity contribution is 0.584. The second-order valence-electron chi connectivity index (χ2n) is 5.98. The monoisotopic (exact) mass is 310 g/mol. The highest BCUT2D eigenvalue weighted by Crippen LogP contribution is 2.31. The molecular formula is C17H19AlN2O2. The lowest BCUT2D eigenvalue weighted by Gasteiger charge is -2.22. The smallest absolute Gasteiger partial charge is 0.311 e. The molecule has 1 atom stereocenters. The molecule has 1 aliphatic carbocycles. The van der Waals surface area contributed by atoms with Crippen LogP contribution in [0.3, 0.4) is 0 Å². The highest BCUT2D eigenvalue weighted by atomic mass is 27.0. The van der Waals surface area contributed by atoms with Crippen molar-refractivity contribution in [3.63, 3.8) is 0 Å². The van der Waals surface area contributed by atoms with E-state index in [1.807, 2.05) is 30.3 Å². The number of benzene rings is 1. The fourth-order valence-electron chi connectivity index (χ4n) is 3.08. The standard InChI is InChI=1S/C17H17N2O2.Al.2H/c20-16-14(11-12-7-3-1-4-8-12)15(18-17(21)19-16)13-9-5-2-6-10-13;;;/h1,3-5,7-8,13H,6,9-11H2,(H2,18,19,20,21);;;. The summed E-state index contributed by atoms with van der Waals surface area (Å²) in [5.74, 6) is 0.242. The van der Waals surface area contributed by atoms with Crippen LogP contribution in [0.4, 0.5) is 0 Å². The molecule has 112 valence electrons. The largest absolute Gasteiger partial charge is 0.325 e. The molecule has 0 spiro atoms. The van der Waals surface area contributed by atoms with E-state index >= 15 is 0 Å². The van der Waals surface area contributed by atoms with Gasteiger partial charge in [0, 0.05) is 23.6 Å². The zero-order valence-electron chi connectivity index (χ0n) is 12.7. The first-order valence-electron chi connectivity index (χ1n) is 7.68. The number of aromatic nitrogens is 2. The second-order valence-corrected chi connectivity index (χ2v) is 7.27. The average Bonchev–Trinajstić information content (AvgIpc) is 2.52. The van der Waals surface area contributed by atoms with Gasteiger partial charge in [-0.3, -0.25) is 9.78 Å². The van der Waals surface area contributed by atoms with E-state index < -0.39 is 5.69 Å². The van der Waals surface area contributed by atoms with Gasteiger partial charge < -0.3 is 4.98 Å². The van der Waals surface area contributed by atoms with Crippen LogP contribution >= 0.6 is 0 Å². The highest BCUT2D eigenvalue weighted by molar-refractivity contribution is 6.21. The minimum atomic E-state index is -0.405. The van der Waals surface area contributed by atoms with Gasteiger partial charge in [-0.25, -0.2) is 4.79 Å². The Kier molecular flexibility index (Phi) is 4.47. The minimum absolute atomic E-state index is 0.242. The molecular weight excluding hydrogens is 291 g/mol. The van der Waals surface area contributed by atoms with Crippen LogP contribution < -0.4 is 11.2 Å². The maximum absolute atomic E-state index is 12.3. The van der Waals surface area contributed by atoms with Crippen LogP contribution in [0.5, 0.6) is 0 Å². The third-order valence-corrected chi connectivity index (χ3v) is 5.25. The molecule has 4 nitrogen and oxygen atoms in total. The van der Waals surface area contributed by atoms with Crippen LogP contribution in [0.1, 0.15) is 42.0 Å². The Morgan fingerprint density at radius 1 is 1.14 bits per heavy atom. The summed E-state index contributed by atoms with van der Waals surface area (Å²) in [5, 5.41) is 0. The maximum atomic E-state index is 12.3. The Morgan fingerprint density at radius 3 is 2.59 bits per heavy atom. The maximum Gasteiger partial charge on any atom is 0.325 e. The van der Waals surface area contributed by atoms with Crippen molar-refractivity contribution in [2.24, 2.45) is 0 Å². The zero-order chi connectivity index (χ0) is 15.5. The molecule has 5 heteroatoms. The van der Waals surface area contributed by atoms with Crippen LogP contribution in [-0.4, -0.2) is 26.3 Å². The molecule has 0 bridgehead atoms. The Hall–Kier alpha value is -1.83. The predicted octanol–water partition coefficient (Wildman–Crippen LogP) is 1.44. The molecule has 1 aliphatic rings. The van der Waals surface area contributed by atoms with Crippen LogP contribution in [0.2, 0.25) is 0 Å². The number of allylic oxidation sites excluding steroid dienone is 2. The van der Waals surface area contributed by atoms with E-state index in [0.29, 0.717) is 12.0 Å². The van der Waals surface area contributed by atoms with Crippen molar-refractivity contribution in [2.75, 3.05) is 0 Å². The summed E-state index contributed by atoms with van der Waals surface area (Å²) in [4.78, 5) is 29.3. The Morgan fingerprint density at radius 2 is 1.91 bits per heavy atom. The van der Waals surface area contributed by atoms with Gasteiger partial charge >= 0.3 is 5.69 Å². The molecule has 0 aliphatic heterocycles. The van der Waals surface area contributed by atoms with E-state index in [2.05, 4.69) is 16.0 Å². The van der Waals surface area contributed by atoms with Crippen molar-refractivity contribution in [2.45, 2.75) is 31.6 Å². The van der Waals surface area contributed by atoms with Gasteiger partial charge in [0.15, 0.2) is 0 Å². The first kappa shape index (κ1) is 15.1. The predicted molar refractivity (Wildman–Crippen MR) is 90.2 cm³/mol. The first-order chi connectivity index (χ1) is 10.6. The molecule has 0 saturated carbocycles. The molecule has 3 rings (SSSR count). The number of nitrogens with one attached hydrogen (secondary N) is 2. The summed E-state index contributed by atoms with van der Waals surface area (Å²) in [6.45, 7) is 0. The third-order valence-electron chi connectivity index (χ3n) is 4.34. The van der Waals surface area contributed by atoms with Crippen LogP contribution in [0, 0.1) is 0 Å². The summed E-state index contributed by atoms with van der Waals surface area (Å²) >= 11 is 1.10. The molecule has 1 aromatic heterocycles. The van der Waals surface area contributed by atoms with Gasteiger partial charge in [-0.05, 0) is 24.8 Å². The number of hydrogen-bond acceptors (Lipinski definition) is 2. The molecule has 1 aromatic carbocycles. The van der Waals surface area contributed by atoms with Crippen LogP contribution in [0.15, 0.2) is 50.4 Å². The van der Waals surface area contributed by atoms with Crippen LogP contribution in [-0.2, 0) is 6.42 Å². The number of H-pyrrole nitrogens is 2. The minimum Gasteiger partial charge on any atom is -0.311 e. The van der Waals surface area contributed by atoms with Gasteiger partial charge in [0.1, 0.15) is 0 Å². The second kappa shape index (κ2) is 6.52. The Balaban J connectivity index is 2.02. The number of rotatable bonds is 3. The van der Waals surface area contributed by atoms with Crippen molar-refractivity contribution in [1.29, 1.82) is 0 Å². The molecule has 2 N–H and O–H groups in total. The van der Waals surface area contributed by atoms with E-state index in [0.717, 1.165) is 46.8 Å². The molecule has 0 saturated heterocycles. The summed E-state index contributed by atoms with van der Waals surface area (Å²) in [6.07, 6.45) is 5.83. The lowest BCUT2D eigenvalue weighted by Crippen LogP contribution is -2.30. The number of hydrogen-bond donors (Lipinski definition) is 2. The lowest BCUT2D eigenvalue weighted by atomic mass is 9.87. The topological polar surface area (TPSA) is 65.7 Å². The van der Waals surface area contributed by atoms with Crippen LogP contribution in [0.25, 0.3) is 0 Å². The number of aromatic amines is 2. The van der Waals surface area contributed by atoms with Gasteiger partial charge in [0.05, 0.1) is 0 Å². The van der Waals surface area contributed by atoms with Gasteiger partial charge in [0.25, 0.3) is 21.8 Å². The van der Waals surface area contributed by atoms with E-state index in [4.69, 9.17) is 0 Å².